The van der Waals surface area contributed by atoms with E-state index in [9.17, 15) is 9.59 Å². The van der Waals surface area contributed by atoms with E-state index in [-0.39, 0.29) is 17.2 Å². The van der Waals surface area contributed by atoms with Crippen LogP contribution in [0.3, 0.4) is 0 Å². The zero-order chi connectivity index (χ0) is 12.1. The molecule has 0 atom stereocenters. The molecule has 16 heavy (non-hydrogen) atoms. The number of amides is 1. The summed E-state index contributed by atoms with van der Waals surface area (Å²) in [6.07, 6.45) is 1.61. The van der Waals surface area contributed by atoms with Crippen molar-refractivity contribution in [2.75, 3.05) is 7.05 Å². The Bertz CT molecular complexity index is 401. The molecule has 1 rings (SSSR count). The normalized spacial score (nSPS) is 10.1. The summed E-state index contributed by atoms with van der Waals surface area (Å²) in [7, 11) is 1.54. The first-order valence-corrected chi connectivity index (χ1v) is 5.82. The van der Waals surface area contributed by atoms with Crippen LogP contribution in [-0.2, 0) is 17.6 Å². The third-order valence-electron chi connectivity index (χ3n) is 2.01. The molecule has 0 aliphatic carbocycles. The van der Waals surface area contributed by atoms with Crippen LogP contribution in [0.25, 0.3) is 0 Å². The number of likely N-dealkylation sites (N-methyl/N-ethyl adjacent to an activating group) is 1. The number of nitrogens with zero attached hydrogens (tertiary/aromatic N) is 1. The number of carboxylic acid groups (broad SMARTS) is 1. The van der Waals surface area contributed by atoms with E-state index in [0.717, 1.165) is 17.8 Å². The Morgan fingerprint density at radius 1 is 1.50 bits per heavy atom. The molecule has 0 aliphatic heterocycles. The van der Waals surface area contributed by atoms with Crippen molar-refractivity contribution in [3.05, 3.63) is 15.6 Å². The van der Waals surface area contributed by atoms with Crippen molar-refractivity contribution >= 4 is 23.2 Å². The highest BCUT2D eigenvalue weighted by atomic mass is 32.1. The summed E-state index contributed by atoms with van der Waals surface area (Å²) in [5.74, 6) is -1.13. The van der Waals surface area contributed by atoms with Crippen LogP contribution in [-0.4, -0.2) is 29.0 Å². The molecule has 0 aromatic carbocycles. The molecule has 5 nitrogen and oxygen atoms in total. The largest absolute Gasteiger partial charge is 0.477 e. The quantitative estimate of drug-likeness (QED) is 0.809. The maximum absolute atomic E-state index is 11.1. The summed E-state index contributed by atoms with van der Waals surface area (Å²) in [6, 6.07) is 0. The van der Waals surface area contributed by atoms with Crippen molar-refractivity contribution in [1.29, 1.82) is 0 Å². The average molecular weight is 242 g/mol. The van der Waals surface area contributed by atoms with Crippen LogP contribution in [0.5, 0.6) is 0 Å². The molecule has 0 saturated heterocycles. The first kappa shape index (κ1) is 12.6. The molecule has 1 aromatic heterocycles. The summed E-state index contributed by atoms with van der Waals surface area (Å²) in [5, 5.41) is 12.0. The lowest BCUT2D eigenvalue weighted by molar-refractivity contribution is -0.119. The lowest BCUT2D eigenvalue weighted by atomic mass is 10.2. The van der Waals surface area contributed by atoms with Gasteiger partial charge in [0.05, 0.1) is 12.1 Å². The minimum Gasteiger partial charge on any atom is -0.477 e. The SMILES string of the molecule is CCCc1nc(CC(=O)NC)sc1C(=O)O. The van der Waals surface area contributed by atoms with Crippen molar-refractivity contribution in [1.82, 2.24) is 10.3 Å². The molecule has 6 heteroatoms. The van der Waals surface area contributed by atoms with Gasteiger partial charge in [0.1, 0.15) is 9.88 Å². The molecule has 0 fully saturated rings. The fourth-order valence-corrected chi connectivity index (χ4v) is 2.22. The number of aromatic nitrogens is 1. The van der Waals surface area contributed by atoms with E-state index in [0.29, 0.717) is 17.1 Å². The number of carbonyl (C=O) groups excluding carboxylic acids is 1. The summed E-state index contributed by atoms with van der Waals surface area (Å²) in [6.45, 7) is 1.96. The fourth-order valence-electron chi connectivity index (χ4n) is 1.28. The van der Waals surface area contributed by atoms with E-state index >= 15 is 0 Å². The lowest BCUT2D eigenvalue weighted by Gasteiger charge is -1.94. The highest BCUT2D eigenvalue weighted by Gasteiger charge is 2.17. The number of nitrogens with one attached hydrogen (secondary N) is 1. The van der Waals surface area contributed by atoms with Gasteiger partial charge in [0.2, 0.25) is 5.91 Å². The number of aromatic carboxylic acids is 1. The highest BCUT2D eigenvalue weighted by Crippen LogP contribution is 2.20. The van der Waals surface area contributed by atoms with Gasteiger partial charge < -0.3 is 10.4 Å². The maximum Gasteiger partial charge on any atom is 0.347 e. The van der Waals surface area contributed by atoms with E-state index in [1.807, 2.05) is 6.92 Å². The van der Waals surface area contributed by atoms with Gasteiger partial charge in [-0.3, -0.25) is 4.79 Å². The van der Waals surface area contributed by atoms with Crippen LogP contribution < -0.4 is 5.32 Å². The predicted octanol–water partition coefficient (Wildman–Crippen LogP) is 1.08. The molecule has 0 saturated carbocycles. The van der Waals surface area contributed by atoms with E-state index in [2.05, 4.69) is 10.3 Å². The topological polar surface area (TPSA) is 79.3 Å². The van der Waals surface area contributed by atoms with Gasteiger partial charge in [-0.25, -0.2) is 9.78 Å². The minimum absolute atomic E-state index is 0.144. The second-order valence-corrected chi connectivity index (χ2v) is 4.37. The van der Waals surface area contributed by atoms with Crippen LogP contribution in [0.15, 0.2) is 0 Å². The van der Waals surface area contributed by atoms with E-state index in [1.54, 1.807) is 7.05 Å². The molecule has 1 aromatic rings. The molecule has 0 unspecified atom stereocenters. The van der Waals surface area contributed by atoms with Crippen LogP contribution in [0, 0.1) is 0 Å². The van der Waals surface area contributed by atoms with Crippen molar-refractivity contribution in [2.45, 2.75) is 26.2 Å². The Morgan fingerprint density at radius 3 is 2.69 bits per heavy atom. The van der Waals surface area contributed by atoms with Crippen molar-refractivity contribution in [3.8, 4) is 0 Å². The number of carboxylic acids is 1. The third-order valence-corrected chi connectivity index (χ3v) is 3.10. The molecule has 0 bridgehead atoms. The minimum atomic E-state index is -0.968. The highest BCUT2D eigenvalue weighted by molar-refractivity contribution is 7.13. The van der Waals surface area contributed by atoms with Crippen LogP contribution in [0.4, 0.5) is 0 Å². The molecule has 1 heterocycles. The molecule has 0 radical (unpaired) electrons. The molecule has 1 amide bonds. The number of hydrogen-bond donors (Lipinski definition) is 2. The van der Waals surface area contributed by atoms with Gasteiger partial charge in [0, 0.05) is 7.05 Å². The summed E-state index contributed by atoms with van der Waals surface area (Å²) >= 11 is 1.08. The second-order valence-electron chi connectivity index (χ2n) is 3.29. The van der Waals surface area contributed by atoms with Gasteiger partial charge in [-0.1, -0.05) is 13.3 Å². The zero-order valence-electron chi connectivity index (χ0n) is 9.24. The van der Waals surface area contributed by atoms with E-state index < -0.39 is 5.97 Å². The van der Waals surface area contributed by atoms with Gasteiger partial charge in [0.15, 0.2) is 0 Å². The van der Waals surface area contributed by atoms with Gasteiger partial charge in [0.25, 0.3) is 0 Å². The molecule has 2 N–H and O–H groups in total. The molecule has 88 valence electrons. The Hall–Kier alpha value is -1.43. The van der Waals surface area contributed by atoms with Crippen molar-refractivity contribution in [2.24, 2.45) is 0 Å². The number of rotatable bonds is 5. The third kappa shape index (κ3) is 3.03. The maximum atomic E-state index is 11.1. The summed E-state index contributed by atoms with van der Waals surface area (Å²) < 4.78 is 0. The molecular weight excluding hydrogens is 228 g/mol. The van der Waals surface area contributed by atoms with Gasteiger partial charge in [-0.05, 0) is 6.42 Å². The number of aryl methyl sites for hydroxylation is 1. The standard InChI is InChI=1S/C10H14N2O3S/c1-3-4-6-9(10(14)15)16-8(12-6)5-7(13)11-2/h3-5H2,1-2H3,(H,11,13)(H,14,15). The summed E-state index contributed by atoms with van der Waals surface area (Å²) in [5.41, 5.74) is 0.582. The van der Waals surface area contributed by atoms with E-state index in [1.165, 1.54) is 0 Å². The molecular formula is C10H14N2O3S. The Kier molecular flexibility index (Phi) is 4.42. The summed E-state index contributed by atoms with van der Waals surface area (Å²) in [4.78, 5) is 26.5. The Balaban J connectivity index is 2.92. The fraction of sp³-hybridized carbons (Fsp3) is 0.500. The van der Waals surface area contributed by atoms with Crippen LogP contribution in [0.1, 0.15) is 33.7 Å². The smallest absolute Gasteiger partial charge is 0.347 e. The monoisotopic (exact) mass is 242 g/mol. The van der Waals surface area contributed by atoms with Gasteiger partial charge >= 0.3 is 5.97 Å². The van der Waals surface area contributed by atoms with E-state index in [4.69, 9.17) is 5.11 Å². The van der Waals surface area contributed by atoms with Crippen molar-refractivity contribution < 1.29 is 14.7 Å². The van der Waals surface area contributed by atoms with Crippen LogP contribution >= 0.6 is 11.3 Å². The zero-order valence-corrected chi connectivity index (χ0v) is 10.1. The van der Waals surface area contributed by atoms with Crippen LogP contribution in [0.2, 0.25) is 0 Å². The Morgan fingerprint density at radius 2 is 2.19 bits per heavy atom. The van der Waals surface area contributed by atoms with Crippen molar-refractivity contribution in [3.63, 3.8) is 0 Å². The van der Waals surface area contributed by atoms with Gasteiger partial charge in [-0.15, -0.1) is 11.3 Å². The molecule has 0 aliphatic rings. The number of thiazole rings is 1. The first-order valence-electron chi connectivity index (χ1n) is 5.01. The number of hydrogen-bond acceptors (Lipinski definition) is 4. The Labute approximate surface area is 97.5 Å². The second kappa shape index (κ2) is 5.60. The molecule has 0 spiro atoms. The number of carbonyl (C=O) groups is 2. The predicted molar refractivity (Wildman–Crippen MR) is 60.8 cm³/mol. The van der Waals surface area contributed by atoms with Gasteiger partial charge in [-0.2, -0.15) is 0 Å². The lowest BCUT2D eigenvalue weighted by Crippen LogP contribution is -2.19. The first-order chi connectivity index (χ1) is 7.58. The average Bonchev–Trinajstić information content (AvgIpc) is 2.61.